The van der Waals surface area contributed by atoms with Crippen LogP contribution in [0.15, 0.2) is 48.7 Å². The molecule has 0 bridgehead atoms. The lowest BCUT2D eigenvalue weighted by atomic mass is 10.1. The summed E-state index contributed by atoms with van der Waals surface area (Å²) >= 11 is 0. The second kappa shape index (κ2) is 5.34. The number of H-pyrrole nitrogens is 1. The highest BCUT2D eigenvalue weighted by Crippen LogP contribution is 2.26. The van der Waals surface area contributed by atoms with Crippen LogP contribution in [0, 0.1) is 0 Å². The zero-order valence-corrected chi connectivity index (χ0v) is 12.7. The number of benzene rings is 2. The molecule has 0 aliphatic carbocycles. The minimum Gasteiger partial charge on any atom is -0.371 e. The van der Waals surface area contributed by atoms with Crippen molar-refractivity contribution in [2.24, 2.45) is 0 Å². The van der Waals surface area contributed by atoms with Crippen LogP contribution in [0.1, 0.15) is 24.7 Å². The zero-order valence-electron chi connectivity index (χ0n) is 12.7. The molecular formula is C19H19N3. The van der Waals surface area contributed by atoms with Crippen molar-refractivity contribution in [3.8, 4) is 11.4 Å². The van der Waals surface area contributed by atoms with Crippen molar-refractivity contribution in [2.75, 3.05) is 6.54 Å². The predicted molar refractivity (Wildman–Crippen MR) is 91.3 cm³/mol. The topological polar surface area (TPSA) is 31.9 Å². The van der Waals surface area contributed by atoms with E-state index >= 15 is 0 Å². The molecule has 3 heteroatoms. The summed E-state index contributed by atoms with van der Waals surface area (Å²) in [5, 5.41) is 2.51. The molecule has 0 saturated carbocycles. The van der Waals surface area contributed by atoms with Crippen molar-refractivity contribution in [1.82, 2.24) is 14.9 Å². The summed E-state index contributed by atoms with van der Waals surface area (Å²) in [5.74, 6) is 0.957. The van der Waals surface area contributed by atoms with Gasteiger partial charge in [-0.2, -0.15) is 0 Å². The Morgan fingerprint density at radius 1 is 1.14 bits per heavy atom. The Morgan fingerprint density at radius 3 is 2.86 bits per heavy atom. The fraction of sp³-hybridized carbons (Fsp3) is 0.211. The number of hydrogen-bond donors (Lipinski definition) is 1. The molecule has 0 amide bonds. The molecule has 3 aromatic rings. The van der Waals surface area contributed by atoms with Crippen LogP contribution in [0.4, 0.5) is 0 Å². The minimum atomic E-state index is 0.893. The van der Waals surface area contributed by atoms with Gasteiger partial charge in [0.15, 0.2) is 0 Å². The Bertz CT molecular complexity index is 845. The normalized spacial score (nSPS) is 13.6. The Kier molecular flexibility index (Phi) is 3.19. The molecule has 22 heavy (non-hydrogen) atoms. The fourth-order valence-corrected chi connectivity index (χ4v) is 3.02. The molecule has 2 aromatic carbocycles. The summed E-state index contributed by atoms with van der Waals surface area (Å²) in [6.07, 6.45) is 5.45. The van der Waals surface area contributed by atoms with Gasteiger partial charge in [-0.3, -0.25) is 0 Å². The molecule has 2 heterocycles. The first-order valence-electron chi connectivity index (χ1n) is 7.84. The molecule has 0 saturated heterocycles. The van der Waals surface area contributed by atoms with E-state index in [2.05, 4.69) is 71.5 Å². The van der Waals surface area contributed by atoms with Gasteiger partial charge in [-0.15, -0.1) is 0 Å². The average molecular weight is 289 g/mol. The average Bonchev–Trinajstić information content (AvgIpc) is 2.98. The van der Waals surface area contributed by atoms with Gasteiger partial charge in [0.25, 0.3) is 0 Å². The molecule has 0 unspecified atom stereocenters. The molecule has 1 aliphatic rings. The molecular weight excluding hydrogens is 270 g/mol. The van der Waals surface area contributed by atoms with E-state index in [1.807, 2.05) is 0 Å². The molecule has 1 aliphatic heterocycles. The highest BCUT2D eigenvalue weighted by molar-refractivity contribution is 5.86. The number of imidazole rings is 1. The van der Waals surface area contributed by atoms with Crippen molar-refractivity contribution in [3.63, 3.8) is 0 Å². The molecule has 110 valence electrons. The van der Waals surface area contributed by atoms with E-state index in [-0.39, 0.29) is 0 Å². The fourth-order valence-electron chi connectivity index (χ4n) is 3.02. The number of aromatic amines is 1. The van der Waals surface area contributed by atoms with E-state index in [1.165, 1.54) is 10.8 Å². The molecule has 1 aromatic heterocycles. The standard InChI is InChI=1S/C19H19N3/c1-2-10-22-11-9-17-18(13-22)21-19(20-17)16-8-7-14-5-3-4-6-15(14)12-16/h3-9,11-12H,2,10,13H2,1H3,(H,20,21). The maximum Gasteiger partial charge on any atom is 0.138 e. The van der Waals surface area contributed by atoms with Gasteiger partial charge in [-0.1, -0.05) is 43.3 Å². The molecule has 0 fully saturated rings. The number of rotatable bonds is 3. The third-order valence-electron chi connectivity index (χ3n) is 4.15. The SMILES string of the molecule is CCCN1C=Cc2[nH]c(-c3ccc4ccccc4c3)nc2C1. The maximum atomic E-state index is 4.81. The first-order valence-corrected chi connectivity index (χ1v) is 7.84. The lowest BCUT2D eigenvalue weighted by molar-refractivity contribution is 0.362. The maximum absolute atomic E-state index is 4.81. The van der Waals surface area contributed by atoms with Crippen molar-refractivity contribution in [2.45, 2.75) is 19.9 Å². The van der Waals surface area contributed by atoms with Crippen LogP contribution in [0.2, 0.25) is 0 Å². The van der Waals surface area contributed by atoms with Crippen LogP contribution in [0.3, 0.4) is 0 Å². The molecule has 3 nitrogen and oxygen atoms in total. The Labute approximate surface area is 130 Å². The van der Waals surface area contributed by atoms with E-state index in [0.29, 0.717) is 0 Å². The van der Waals surface area contributed by atoms with Crippen LogP contribution in [0.25, 0.3) is 28.2 Å². The van der Waals surface area contributed by atoms with Crippen molar-refractivity contribution < 1.29 is 0 Å². The van der Waals surface area contributed by atoms with Crippen molar-refractivity contribution >= 4 is 16.8 Å². The van der Waals surface area contributed by atoms with E-state index in [1.54, 1.807) is 0 Å². The summed E-state index contributed by atoms with van der Waals surface area (Å²) in [6.45, 7) is 4.17. The Morgan fingerprint density at radius 2 is 2.00 bits per heavy atom. The first-order chi connectivity index (χ1) is 10.8. The van der Waals surface area contributed by atoms with Gasteiger partial charge in [0, 0.05) is 18.3 Å². The van der Waals surface area contributed by atoms with Crippen LogP contribution in [-0.4, -0.2) is 21.4 Å². The summed E-state index contributed by atoms with van der Waals surface area (Å²) < 4.78 is 0. The largest absolute Gasteiger partial charge is 0.371 e. The number of hydrogen-bond acceptors (Lipinski definition) is 2. The van der Waals surface area contributed by atoms with E-state index in [0.717, 1.165) is 42.3 Å². The highest BCUT2D eigenvalue weighted by Gasteiger charge is 2.15. The molecule has 0 spiro atoms. The van der Waals surface area contributed by atoms with Gasteiger partial charge in [0.05, 0.1) is 17.9 Å². The number of fused-ring (bicyclic) bond motifs is 2. The second-order valence-corrected chi connectivity index (χ2v) is 5.79. The molecule has 1 N–H and O–H groups in total. The smallest absolute Gasteiger partial charge is 0.138 e. The zero-order chi connectivity index (χ0) is 14.9. The van der Waals surface area contributed by atoms with Gasteiger partial charge >= 0.3 is 0 Å². The van der Waals surface area contributed by atoms with Gasteiger partial charge in [0.2, 0.25) is 0 Å². The van der Waals surface area contributed by atoms with Crippen LogP contribution in [0.5, 0.6) is 0 Å². The van der Waals surface area contributed by atoms with E-state index < -0.39 is 0 Å². The first kappa shape index (κ1) is 13.1. The van der Waals surface area contributed by atoms with Crippen LogP contribution < -0.4 is 0 Å². The third kappa shape index (κ3) is 2.29. The second-order valence-electron chi connectivity index (χ2n) is 5.79. The quantitative estimate of drug-likeness (QED) is 0.773. The lowest BCUT2D eigenvalue weighted by Crippen LogP contribution is -2.20. The van der Waals surface area contributed by atoms with E-state index in [4.69, 9.17) is 4.98 Å². The highest BCUT2D eigenvalue weighted by atomic mass is 15.1. The van der Waals surface area contributed by atoms with Gasteiger partial charge in [0.1, 0.15) is 5.82 Å². The Balaban J connectivity index is 1.70. The van der Waals surface area contributed by atoms with Crippen molar-refractivity contribution in [3.05, 3.63) is 60.1 Å². The molecule has 0 atom stereocenters. The minimum absolute atomic E-state index is 0.893. The monoisotopic (exact) mass is 289 g/mol. The van der Waals surface area contributed by atoms with Crippen LogP contribution >= 0.6 is 0 Å². The number of nitrogens with zero attached hydrogens (tertiary/aromatic N) is 2. The van der Waals surface area contributed by atoms with Gasteiger partial charge in [-0.05, 0) is 29.3 Å². The third-order valence-corrected chi connectivity index (χ3v) is 4.15. The van der Waals surface area contributed by atoms with E-state index in [9.17, 15) is 0 Å². The summed E-state index contributed by atoms with van der Waals surface area (Å²) in [6, 6.07) is 14.9. The summed E-state index contributed by atoms with van der Waals surface area (Å²) in [7, 11) is 0. The van der Waals surface area contributed by atoms with Crippen molar-refractivity contribution in [1.29, 1.82) is 0 Å². The number of nitrogens with one attached hydrogen (secondary N) is 1. The predicted octanol–water partition coefficient (Wildman–Crippen LogP) is 4.43. The summed E-state index contributed by atoms with van der Waals surface area (Å²) in [5.41, 5.74) is 3.41. The molecule has 0 radical (unpaired) electrons. The van der Waals surface area contributed by atoms with Gasteiger partial charge < -0.3 is 9.88 Å². The summed E-state index contributed by atoms with van der Waals surface area (Å²) in [4.78, 5) is 10.6. The van der Waals surface area contributed by atoms with Crippen LogP contribution in [-0.2, 0) is 6.54 Å². The molecule has 4 rings (SSSR count). The number of aromatic nitrogens is 2. The Hall–Kier alpha value is -2.55. The van der Waals surface area contributed by atoms with Gasteiger partial charge in [-0.25, -0.2) is 4.98 Å². The lowest BCUT2D eigenvalue weighted by Gasteiger charge is -2.21.